The smallest absolute Gasteiger partial charge is 0.341 e. The average Bonchev–Trinajstić information content (AvgIpc) is 3.21. The normalized spacial score (nSPS) is 16.6. The van der Waals surface area contributed by atoms with Gasteiger partial charge in [-0.05, 0) is 50.5 Å². The molecule has 2 aliphatic carbocycles. The Balaban J connectivity index is 1.54. The zero-order valence-electron chi connectivity index (χ0n) is 15.8. The second-order valence-corrected chi connectivity index (χ2v) is 8.30. The second-order valence-electron chi connectivity index (χ2n) is 7.20. The topological polar surface area (TPSA) is 81.7 Å². The molecule has 1 aromatic rings. The zero-order valence-corrected chi connectivity index (χ0v) is 16.6. The SMILES string of the molecule is CCOC(=O)c1c(NC(=O)COC(=O)CC2CCCCC2)sc2c1CCC2. The van der Waals surface area contributed by atoms with E-state index in [4.69, 9.17) is 9.47 Å². The van der Waals surface area contributed by atoms with Gasteiger partial charge in [-0.3, -0.25) is 9.59 Å². The number of esters is 2. The fourth-order valence-electron chi connectivity index (χ4n) is 3.91. The highest BCUT2D eigenvalue weighted by atomic mass is 32.1. The Labute approximate surface area is 163 Å². The third kappa shape index (κ3) is 5.09. The fourth-order valence-corrected chi connectivity index (χ4v) is 5.20. The van der Waals surface area contributed by atoms with E-state index in [1.807, 2.05) is 0 Å². The molecule has 0 aromatic carbocycles. The van der Waals surface area contributed by atoms with Gasteiger partial charge in [0.05, 0.1) is 12.2 Å². The van der Waals surface area contributed by atoms with Crippen LogP contribution in [0.4, 0.5) is 5.00 Å². The van der Waals surface area contributed by atoms with Crippen LogP contribution in [-0.4, -0.2) is 31.1 Å². The highest BCUT2D eigenvalue weighted by Crippen LogP contribution is 2.39. The van der Waals surface area contributed by atoms with Crippen molar-refractivity contribution in [2.45, 2.75) is 64.7 Å². The number of hydrogen-bond donors (Lipinski definition) is 1. The van der Waals surface area contributed by atoms with E-state index in [0.29, 0.717) is 22.9 Å². The van der Waals surface area contributed by atoms with Crippen molar-refractivity contribution in [3.8, 4) is 0 Å². The Kier molecular flexibility index (Phi) is 6.88. The third-order valence-corrected chi connectivity index (χ3v) is 6.41. The molecule has 27 heavy (non-hydrogen) atoms. The number of thiophene rings is 1. The van der Waals surface area contributed by atoms with Crippen molar-refractivity contribution in [2.24, 2.45) is 5.92 Å². The molecule has 0 radical (unpaired) electrons. The van der Waals surface area contributed by atoms with Gasteiger partial charge >= 0.3 is 11.9 Å². The number of anilines is 1. The largest absolute Gasteiger partial charge is 0.462 e. The third-order valence-electron chi connectivity index (χ3n) is 5.20. The van der Waals surface area contributed by atoms with E-state index in [2.05, 4.69) is 5.32 Å². The van der Waals surface area contributed by atoms with Crippen molar-refractivity contribution >= 4 is 34.2 Å². The van der Waals surface area contributed by atoms with Crippen LogP contribution >= 0.6 is 11.3 Å². The Hall–Kier alpha value is -1.89. The van der Waals surface area contributed by atoms with Crippen LogP contribution < -0.4 is 5.32 Å². The number of carbonyl (C=O) groups excluding carboxylic acids is 3. The molecule has 1 heterocycles. The first kappa shape index (κ1) is 19.9. The van der Waals surface area contributed by atoms with Gasteiger partial charge in [0.15, 0.2) is 6.61 Å². The molecule has 3 rings (SSSR count). The molecular formula is C20H27NO5S. The summed E-state index contributed by atoms with van der Waals surface area (Å²) >= 11 is 1.42. The van der Waals surface area contributed by atoms with E-state index in [-0.39, 0.29) is 19.2 Å². The summed E-state index contributed by atoms with van der Waals surface area (Å²) in [7, 11) is 0. The summed E-state index contributed by atoms with van der Waals surface area (Å²) in [5.41, 5.74) is 1.46. The molecule has 0 spiro atoms. The molecule has 7 heteroatoms. The summed E-state index contributed by atoms with van der Waals surface area (Å²) in [6.45, 7) is 1.72. The molecule has 6 nitrogen and oxygen atoms in total. The van der Waals surface area contributed by atoms with Crippen molar-refractivity contribution < 1.29 is 23.9 Å². The molecule has 0 bridgehead atoms. The Morgan fingerprint density at radius 2 is 1.85 bits per heavy atom. The van der Waals surface area contributed by atoms with Crippen molar-refractivity contribution in [1.29, 1.82) is 0 Å². The van der Waals surface area contributed by atoms with Crippen LogP contribution in [0.25, 0.3) is 0 Å². The second kappa shape index (κ2) is 9.35. The lowest BCUT2D eigenvalue weighted by Gasteiger charge is -2.20. The molecule has 148 valence electrons. The van der Waals surface area contributed by atoms with Gasteiger partial charge < -0.3 is 14.8 Å². The minimum absolute atomic E-state index is 0.287. The van der Waals surface area contributed by atoms with E-state index in [1.54, 1.807) is 6.92 Å². The lowest BCUT2D eigenvalue weighted by Crippen LogP contribution is -2.23. The molecule has 1 saturated carbocycles. The van der Waals surface area contributed by atoms with Crippen LogP contribution in [0.3, 0.4) is 0 Å². The van der Waals surface area contributed by atoms with Gasteiger partial charge in [0.25, 0.3) is 5.91 Å². The molecular weight excluding hydrogens is 366 g/mol. The molecule has 0 atom stereocenters. The molecule has 1 fully saturated rings. The van der Waals surface area contributed by atoms with E-state index in [9.17, 15) is 14.4 Å². The van der Waals surface area contributed by atoms with E-state index in [0.717, 1.165) is 55.4 Å². The van der Waals surface area contributed by atoms with E-state index >= 15 is 0 Å². The summed E-state index contributed by atoms with van der Waals surface area (Å²) in [4.78, 5) is 37.6. The number of hydrogen-bond acceptors (Lipinski definition) is 6. The van der Waals surface area contributed by atoms with Crippen LogP contribution in [0.2, 0.25) is 0 Å². The number of fused-ring (bicyclic) bond motifs is 1. The molecule has 1 N–H and O–H groups in total. The summed E-state index contributed by atoms with van der Waals surface area (Å²) in [5.74, 6) is -0.764. The van der Waals surface area contributed by atoms with Gasteiger partial charge in [-0.1, -0.05) is 19.3 Å². The fraction of sp³-hybridized carbons (Fsp3) is 0.650. The summed E-state index contributed by atoms with van der Waals surface area (Å²) in [5, 5.41) is 3.25. The van der Waals surface area contributed by atoms with Crippen LogP contribution in [0, 0.1) is 5.92 Å². The van der Waals surface area contributed by atoms with E-state index in [1.165, 1.54) is 17.8 Å². The van der Waals surface area contributed by atoms with Crippen LogP contribution in [0.5, 0.6) is 0 Å². The maximum atomic E-state index is 12.3. The summed E-state index contributed by atoms with van der Waals surface area (Å²) in [6, 6.07) is 0. The first-order valence-electron chi connectivity index (χ1n) is 9.85. The Bertz CT molecular complexity index is 705. The number of aryl methyl sites for hydroxylation is 1. The molecule has 2 aliphatic rings. The molecule has 1 aromatic heterocycles. The maximum Gasteiger partial charge on any atom is 0.341 e. The minimum Gasteiger partial charge on any atom is -0.462 e. The number of amides is 1. The lowest BCUT2D eigenvalue weighted by molar-refractivity contribution is -0.148. The van der Waals surface area contributed by atoms with Gasteiger partial charge in [-0.2, -0.15) is 0 Å². The summed E-state index contributed by atoms with van der Waals surface area (Å²) in [6.07, 6.45) is 8.83. The Morgan fingerprint density at radius 3 is 2.59 bits per heavy atom. The lowest BCUT2D eigenvalue weighted by atomic mass is 9.87. The highest BCUT2D eigenvalue weighted by molar-refractivity contribution is 7.17. The van der Waals surface area contributed by atoms with Gasteiger partial charge in [0.1, 0.15) is 5.00 Å². The van der Waals surface area contributed by atoms with Gasteiger partial charge in [0, 0.05) is 11.3 Å². The monoisotopic (exact) mass is 393 g/mol. The van der Waals surface area contributed by atoms with Crippen LogP contribution in [-0.2, 0) is 31.9 Å². The molecule has 0 saturated heterocycles. The Morgan fingerprint density at radius 1 is 1.07 bits per heavy atom. The number of nitrogens with one attached hydrogen (secondary N) is 1. The van der Waals surface area contributed by atoms with Crippen LogP contribution in [0.1, 0.15) is 72.7 Å². The number of carbonyl (C=O) groups is 3. The van der Waals surface area contributed by atoms with E-state index < -0.39 is 11.9 Å². The van der Waals surface area contributed by atoms with Gasteiger partial charge in [-0.25, -0.2) is 4.79 Å². The van der Waals surface area contributed by atoms with Crippen LogP contribution in [0.15, 0.2) is 0 Å². The first-order chi connectivity index (χ1) is 13.1. The van der Waals surface area contributed by atoms with Gasteiger partial charge in [0.2, 0.25) is 0 Å². The zero-order chi connectivity index (χ0) is 19.2. The number of rotatable bonds is 7. The highest BCUT2D eigenvalue weighted by Gasteiger charge is 2.28. The minimum atomic E-state index is -0.419. The quantitative estimate of drug-likeness (QED) is 0.711. The molecule has 0 aliphatic heterocycles. The first-order valence-corrected chi connectivity index (χ1v) is 10.7. The maximum absolute atomic E-state index is 12.3. The standard InChI is InChI=1S/C20H27NO5S/c1-2-25-20(24)18-14-9-6-10-15(14)27-19(18)21-16(22)12-26-17(23)11-13-7-4-3-5-8-13/h13H,2-12H2,1H3,(H,21,22). The van der Waals surface area contributed by atoms with Crippen molar-refractivity contribution in [1.82, 2.24) is 0 Å². The van der Waals surface area contributed by atoms with Gasteiger partial charge in [-0.15, -0.1) is 11.3 Å². The predicted molar refractivity (Wildman–Crippen MR) is 103 cm³/mol. The summed E-state index contributed by atoms with van der Waals surface area (Å²) < 4.78 is 10.3. The molecule has 1 amide bonds. The van der Waals surface area contributed by atoms with Crippen molar-refractivity contribution in [3.05, 3.63) is 16.0 Å². The van der Waals surface area contributed by atoms with Crippen molar-refractivity contribution in [2.75, 3.05) is 18.5 Å². The van der Waals surface area contributed by atoms with Crippen molar-refractivity contribution in [3.63, 3.8) is 0 Å². The predicted octanol–water partition coefficient (Wildman–Crippen LogP) is 3.87. The average molecular weight is 394 g/mol. The molecule has 0 unspecified atom stereocenters. The number of ether oxygens (including phenoxy) is 2.